The van der Waals surface area contributed by atoms with E-state index in [-0.39, 0.29) is 5.92 Å². The summed E-state index contributed by atoms with van der Waals surface area (Å²) in [5, 5.41) is 0. The molecule has 0 saturated heterocycles. The second-order valence-electron chi connectivity index (χ2n) is 6.53. The van der Waals surface area contributed by atoms with E-state index in [1.165, 1.54) is 0 Å². The number of hydrogen-bond acceptors (Lipinski definition) is 3. The first-order valence-corrected chi connectivity index (χ1v) is 8.44. The van der Waals surface area contributed by atoms with Crippen LogP contribution in [0, 0.1) is 13.8 Å². The maximum absolute atomic E-state index is 12.7. The van der Waals surface area contributed by atoms with Crippen molar-refractivity contribution < 1.29 is 13.9 Å². The quantitative estimate of drug-likeness (QED) is 0.440. The van der Waals surface area contributed by atoms with Gasteiger partial charge in [-0.05, 0) is 43.0 Å². The molecule has 1 aromatic heterocycles. The van der Waals surface area contributed by atoms with E-state index in [0.717, 1.165) is 16.7 Å². The predicted molar refractivity (Wildman–Crippen MR) is 99.1 cm³/mol. The van der Waals surface area contributed by atoms with Crippen LogP contribution in [-0.2, 0) is 0 Å². The molecular weight excluding hydrogens is 312 g/mol. The highest BCUT2D eigenvalue weighted by atomic mass is 16.5. The van der Waals surface area contributed by atoms with E-state index in [1.807, 2.05) is 55.5 Å². The number of benzene rings is 2. The number of rotatable bonds is 4. The third-order valence-corrected chi connectivity index (χ3v) is 4.19. The summed E-state index contributed by atoms with van der Waals surface area (Å²) >= 11 is 0. The first-order valence-electron chi connectivity index (χ1n) is 8.44. The van der Waals surface area contributed by atoms with E-state index in [1.54, 1.807) is 13.0 Å². The molecule has 0 aliphatic carbocycles. The summed E-state index contributed by atoms with van der Waals surface area (Å²) in [5.74, 6) is 1.72. The summed E-state index contributed by atoms with van der Waals surface area (Å²) in [7, 11) is 0. The van der Waals surface area contributed by atoms with Gasteiger partial charge in [0.15, 0.2) is 0 Å². The summed E-state index contributed by atoms with van der Waals surface area (Å²) in [6, 6.07) is 17.4. The second kappa shape index (κ2) is 6.98. The minimum Gasteiger partial charge on any atom is -0.460 e. The van der Waals surface area contributed by atoms with Crippen LogP contribution in [0.1, 0.15) is 47.0 Å². The van der Waals surface area contributed by atoms with Crippen molar-refractivity contribution in [2.24, 2.45) is 0 Å². The third-order valence-electron chi connectivity index (χ3n) is 4.19. The Hall–Kier alpha value is -2.81. The number of hydrogen-bond donors (Lipinski definition) is 0. The molecule has 0 unspecified atom stereocenters. The van der Waals surface area contributed by atoms with Crippen LogP contribution in [0.3, 0.4) is 0 Å². The molecule has 2 aromatic carbocycles. The molecular formula is C22H22O3. The Balaban J connectivity index is 1.90. The molecule has 0 aliphatic rings. The Morgan fingerprint density at radius 2 is 1.72 bits per heavy atom. The summed E-state index contributed by atoms with van der Waals surface area (Å²) in [5.41, 5.74) is 3.46. The maximum Gasteiger partial charge on any atom is 0.347 e. The molecule has 3 aromatic rings. The molecule has 0 aliphatic heterocycles. The van der Waals surface area contributed by atoms with E-state index in [0.29, 0.717) is 22.8 Å². The summed E-state index contributed by atoms with van der Waals surface area (Å²) in [6.07, 6.45) is 0. The van der Waals surface area contributed by atoms with Crippen LogP contribution in [0.25, 0.3) is 11.3 Å². The van der Waals surface area contributed by atoms with Gasteiger partial charge in [-0.25, -0.2) is 4.79 Å². The molecule has 0 fully saturated rings. The van der Waals surface area contributed by atoms with Gasteiger partial charge in [-0.2, -0.15) is 0 Å². The molecule has 128 valence electrons. The van der Waals surface area contributed by atoms with Crippen LogP contribution in [0.4, 0.5) is 0 Å². The normalized spacial score (nSPS) is 10.9. The van der Waals surface area contributed by atoms with Crippen LogP contribution < -0.4 is 4.74 Å². The maximum atomic E-state index is 12.7. The number of carbonyl (C=O) groups is 1. The van der Waals surface area contributed by atoms with Crippen LogP contribution in [0.5, 0.6) is 5.75 Å². The van der Waals surface area contributed by atoms with Gasteiger partial charge in [0.2, 0.25) is 0 Å². The molecule has 0 radical (unpaired) electrons. The summed E-state index contributed by atoms with van der Waals surface area (Å²) in [6.45, 7) is 7.93. The Morgan fingerprint density at radius 1 is 1.00 bits per heavy atom. The van der Waals surface area contributed by atoms with Gasteiger partial charge in [0.1, 0.15) is 22.8 Å². The van der Waals surface area contributed by atoms with Crippen LogP contribution >= 0.6 is 0 Å². The van der Waals surface area contributed by atoms with Gasteiger partial charge in [0, 0.05) is 5.56 Å². The Labute approximate surface area is 148 Å². The molecule has 3 heteroatoms. The SMILES string of the molecule is Cc1ccc(C(C)C)c(OC(=O)c2cc(-c3ccccc3)oc2C)c1. The highest BCUT2D eigenvalue weighted by Gasteiger charge is 2.20. The highest BCUT2D eigenvalue weighted by Crippen LogP contribution is 2.30. The van der Waals surface area contributed by atoms with Crippen molar-refractivity contribution in [3.63, 3.8) is 0 Å². The molecule has 0 amide bonds. The standard InChI is InChI=1S/C22H22O3/c1-14(2)18-11-10-15(3)12-21(18)25-22(23)19-13-20(24-16(19)4)17-8-6-5-7-9-17/h5-14H,1-4H3. The molecule has 0 spiro atoms. The summed E-state index contributed by atoms with van der Waals surface area (Å²) in [4.78, 5) is 12.7. The number of ether oxygens (including phenoxy) is 1. The lowest BCUT2D eigenvalue weighted by molar-refractivity contribution is 0.0731. The number of carbonyl (C=O) groups excluding carboxylic acids is 1. The topological polar surface area (TPSA) is 39.4 Å². The first kappa shape index (κ1) is 17.0. The number of aryl methyl sites for hydroxylation is 2. The fourth-order valence-electron chi connectivity index (χ4n) is 2.79. The average Bonchev–Trinajstić information content (AvgIpc) is 2.97. The molecule has 3 nitrogen and oxygen atoms in total. The number of furan rings is 1. The zero-order chi connectivity index (χ0) is 18.0. The minimum absolute atomic E-state index is 0.272. The predicted octanol–water partition coefficient (Wildman–Crippen LogP) is 5.91. The van der Waals surface area contributed by atoms with Crippen molar-refractivity contribution in [3.05, 3.63) is 77.0 Å². The smallest absolute Gasteiger partial charge is 0.347 e. The fourth-order valence-corrected chi connectivity index (χ4v) is 2.79. The van der Waals surface area contributed by atoms with E-state index >= 15 is 0 Å². The summed E-state index contributed by atoms with van der Waals surface area (Å²) < 4.78 is 11.5. The zero-order valence-electron chi connectivity index (χ0n) is 15.0. The minimum atomic E-state index is -0.393. The molecule has 3 rings (SSSR count). The van der Waals surface area contributed by atoms with Gasteiger partial charge in [-0.1, -0.05) is 56.3 Å². The Morgan fingerprint density at radius 3 is 2.40 bits per heavy atom. The van der Waals surface area contributed by atoms with Gasteiger partial charge in [0.05, 0.1) is 0 Å². The van der Waals surface area contributed by atoms with Crippen molar-refractivity contribution in [2.45, 2.75) is 33.6 Å². The zero-order valence-corrected chi connectivity index (χ0v) is 15.0. The molecule has 25 heavy (non-hydrogen) atoms. The number of esters is 1. The van der Waals surface area contributed by atoms with Crippen molar-refractivity contribution in [1.82, 2.24) is 0 Å². The average molecular weight is 334 g/mol. The van der Waals surface area contributed by atoms with E-state index < -0.39 is 5.97 Å². The van der Waals surface area contributed by atoms with Crippen molar-refractivity contribution in [3.8, 4) is 17.1 Å². The first-order chi connectivity index (χ1) is 12.0. The van der Waals surface area contributed by atoms with Gasteiger partial charge in [-0.3, -0.25) is 0 Å². The monoisotopic (exact) mass is 334 g/mol. The molecule has 0 saturated carbocycles. The van der Waals surface area contributed by atoms with Crippen molar-refractivity contribution >= 4 is 5.97 Å². The van der Waals surface area contributed by atoms with E-state index in [4.69, 9.17) is 9.15 Å². The Kier molecular flexibility index (Phi) is 4.75. The van der Waals surface area contributed by atoms with Crippen LogP contribution in [0.2, 0.25) is 0 Å². The second-order valence-corrected chi connectivity index (χ2v) is 6.53. The van der Waals surface area contributed by atoms with E-state index in [2.05, 4.69) is 13.8 Å². The van der Waals surface area contributed by atoms with Gasteiger partial charge in [0.25, 0.3) is 0 Å². The fraction of sp³-hybridized carbons (Fsp3) is 0.227. The van der Waals surface area contributed by atoms with Crippen molar-refractivity contribution in [1.29, 1.82) is 0 Å². The lowest BCUT2D eigenvalue weighted by Gasteiger charge is -2.13. The third kappa shape index (κ3) is 3.66. The van der Waals surface area contributed by atoms with Gasteiger partial charge in [-0.15, -0.1) is 0 Å². The van der Waals surface area contributed by atoms with Crippen molar-refractivity contribution in [2.75, 3.05) is 0 Å². The molecule has 1 heterocycles. The largest absolute Gasteiger partial charge is 0.460 e. The molecule has 0 bridgehead atoms. The lowest BCUT2D eigenvalue weighted by Crippen LogP contribution is -2.10. The van der Waals surface area contributed by atoms with Gasteiger partial charge >= 0.3 is 5.97 Å². The molecule has 0 atom stereocenters. The Bertz CT molecular complexity index is 889. The highest BCUT2D eigenvalue weighted by molar-refractivity contribution is 5.93. The van der Waals surface area contributed by atoms with Gasteiger partial charge < -0.3 is 9.15 Å². The van der Waals surface area contributed by atoms with E-state index in [9.17, 15) is 4.79 Å². The lowest BCUT2D eigenvalue weighted by atomic mass is 10.0. The van der Waals surface area contributed by atoms with Crippen LogP contribution in [0.15, 0.2) is 59.0 Å². The molecule has 0 N–H and O–H groups in total. The van der Waals surface area contributed by atoms with Crippen LogP contribution in [-0.4, -0.2) is 5.97 Å².